The summed E-state index contributed by atoms with van der Waals surface area (Å²) in [6.45, 7) is 5.31. The fourth-order valence-electron chi connectivity index (χ4n) is 3.14. The molecule has 0 amide bonds. The molecule has 0 heterocycles. The second-order valence-electron chi connectivity index (χ2n) is 5.70. The number of hydrazine groups is 1. The van der Waals surface area contributed by atoms with Gasteiger partial charge >= 0.3 is 0 Å². The van der Waals surface area contributed by atoms with Crippen molar-refractivity contribution in [3.8, 4) is 0 Å². The van der Waals surface area contributed by atoms with Crippen molar-refractivity contribution >= 4 is 0 Å². The van der Waals surface area contributed by atoms with Crippen molar-refractivity contribution in [2.75, 3.05) is 6.54 Å². The van der Waals surface area contributed by atoms with Gasteiger partial charge in [0.1, 0.15) is 0 Å². The minimum atomic E-state index is 0.664. The maximum atomic E-state index is 5.46. The highest BCUT2D eigenvalue weighted by Crippen LogP contribution is 2.43. The zero-order chi connectivity index (χ0) is 13.0. The molecule has 1 atom stereocenters. The standard InChI is InChI=1S/C16H26N2/c1-12(11-18-17)13(2)16(15-9-6-10-15)14-7-4-3-5-8-14/h3-4,8,15-16,18H,5-7,9-11,17H2,1-2H3/b13-12+/t16-/m0/s1. The van der Waals surface area contributed by atoms with Gasteiger partial charge in [0.2, 0.25) is 0 Å². The first kappa shape index (κ1) is 13.6. The Morgan fingerprint density at radius 2 is 2.17 bits per heavy atom. The van der Waals surface area contributed by atoms with Crippen LogP contribution in [0.5, 0.6) is 0 Å². The lowest BCUT2D eigenvalue weighted by Crippen LogP contribution is -2.28. The van der Waals surface area contributed by atoms with Crippen LogP contribution in [-0.4, -0.2) is 6.54 Å². The molecule has 0 aromatic carbocycles. The minimum Gasteiger partial charge on any atom is -0.271 e. The van der Waals surface area contributed by atoms with Gasteiger partial charge in [0.15, 0.2) is 0 Å². The van der Waals surface area contributed by atoms with Gasteiger partial charge < -0.3 is 0 Å². The third kappa shape index (κ3) is 2.93. The average molecular weight is 246 g/mol. The lowest BCUT2D eigenvalue weighted by atomic mass is 9.68. The van der Waals surface area contributed by atoms with Gasteiger partial charge in [-0.2, -0.15) is 0 Å². The Kier molecular flexibility index (Phi) is 4.79. The SMILES string of the molecule is C/C(CNN)=C(/C)[C@@H](C1=CCC=CC1)C1CCC1. The van der Waals surface area contributed by atoms with Gasteiger partial charge in [-0.25, -0.2) is 0 Å². The molecule has 0 spiro atoms. The van der Waals surface area contributed by atoms with Crippen molar-refractivity contribution < 1.29 is 0 Å². The van der Waals surface area contributed by atoms with Crippen LogP contribution in [0, 0.1) is 11.8 Å². The summed E-state index contributed by atoms with van der Waals surface area (Å²) >= 11 is 0. The highest BCUT2D eigenvalue weighted by molar-refractivity contribution is 5.30. The van der Waals surface area contributed by atoms with Crippen LogP contribution in [0.3, 0.4) is 0 Å². The number of hydrogen-bond donors (Lipinski definition) is 2. The molecule has 18 heavy (non-hydrogen) atoms. The van der Waals surface area contributed by atoms with E-state index in [0.717, 1.165) is 25.3 Å². The van der Waals surface area contributed by atoms with E-state index < -0.39 is 0 Å². The van der Waals surface area contributed by atoms with Crippen molar-refractivity contribution in [2.45, 2.75) is 46.0 Å². The summed E-state index contributed by atoms with van der Waals surface area (Å²) in [6, 6.07) is 0. The van der Waals surface area contributed by atoms with Gasteiger partial charge in [-0.1, -0.05) is 41.4 Å². The van der Waals surface area contributed by atoms with E-state index in [4.69, 9.17) is 5.84 Å². The van der Waals surface area contributed by atoms with Gasteiger partial charge in [0, 0.05) is 12.5 Å². The minimum absolute atomic E-state index is 0.664. The number of nitrogens with one attached hydrogen (secondary N) is 1. The number of nitrogens with two attached hydrogens (primary N) is 1. The maximum absolute atomic E-state index is 5.46. The predicted molar refractivity (Wildman–Crippen MR) is 77.9 cm³/mol. The molecule has 1 fully saturated rings. The Bertz CT molecular complexity index is 373. The van der Waals surface area contributed by atoms with Crippen molar-refractivity contribution in [1.29, 1.82) is 0 Å². The van der Waals surface area contributed by atoms with E-state index in [9.17, 15) is 0 Å². The van der Waals surface area contributed by atoms with Crippen molar-refractivity contribution in [1.82, 2.24) is 5.43 Å². The Morgan fingerprint density at radius 1 is 1.39 bits per heavy atom. The summed E-state index contributed by atoms with van der Waals surface area (Å²) in [5.41, 5.74) is 7.37. The largest absolute Gasteiger partial charge is 0.271 e. The molecule has 2 aliphatic rings. The quantitative estimate of drug-likeness (QED) is 0.443. The van der Waals surface area contributed by atoms with Crippen LogP contribution in [0.4, 0.5) is 0 Å². The monoisotopic (exact) mass is 246 g/mol. The van der Waals surface area contributed by atoms with Gasteiger partial charge in [0.25, 0.3) is 0 Å². The Hall–Kier alpha value is -0.860. The molecule has 2 rings (SSSR count). The van der Waals surface area contributed by atoms with E-state index in [1.165, 1.54) is 24.8 Å². The van der Waals surface area contributed by atoms with Crippen LogP contribution >= 0.6 is 0 Å². The molecule has 2 heteroatoms. The molecular formula is C16H26N2. The Morgan fingerprint density at radius 3 is 2.67 bits per heavy atom. The summed E-state index contributed by atoms with van der Waals surface area (Å²) in [4.78, 5) is 0. The molecule has 0 aromatic heterocycles. The van der Waals surface area contributed by atoms with E-state index in [-0.39, 0.29) is 0 Å². The fourth-order valence-corrected chi connectivity index (χ4v) is 3.14. The first-order valence-electron chi connectivity index (χ1n) is 7.17. The number of hydrogen-bond acceptors (Lipinski definition) is 2. The van der Waals surface area contributed by atoms with Crippen LogP contribution in [0.15, 0.2) is 34.9 Å². The summed E-state index contributed by atoms with van der Waals surface area (Å²) in [5, 5.41) is 0. The smallest absolute Gasteiger partial charge is 0.0308 e. The summed E-state index contributed by atoms with van der Waals surface area (Å²) in [7, 11) is 0. The Balaban J connectivity index is 2.19. The van der Waals surface area contributed by atoms with Crippen molar-refractivity contribution in [3.05, 3.63) is 34.9 Å². The lowest BCUT2D eigenvalue weighted by Gasteiger charge is -2.37. The second-order valence-corrected chi connectivity index (χ2v) is 5.70. The molecule has 0 radical (unpaired) electrons. The molecule has 0 bridgehead atoms. The van der Waals surface area contributed by atoms with Crippen LogP contribution in [-0.2, 0) is 0 Å². The molecule has 2 aliphatic carbocycles. The van der Waals surface area contributed by atoms with Crippen LogP contribution in [0.1, 0.15) is 46.0 Å². The summed E-state index contributed by atoms with van der Waals surface area (Å²) in [5.74, 6) is 6.99. The van der Waals surface area contributed by atoms with Gasteiger partial charge in [-0.3, -0.25) is 11.3 Å². The molecule has 2 nitrogen and oxygen atoms in total. The first-order valence-corrected chi connectivity index (χ1v) is 7.17. The summed E-state index contributed by atoms with van der Waals surface area (Å²) in [6.07, 6.45) is 13.5. The van der Waals surface area contributed by atoms with Crippen LogP contribution in [0.2, 0.25) is 0 Å². The van der Waals surface area contributed by atoms with E-state index in [1.807, 2.05) is 0 Å². The van der Waals surface area contributed by atoms with Gasteiger partial charge in [0.05, 0.1) is 0 Å². The number of rotatable bonds is 5. The third-order valence-electron chi connectivity index (χ3n) is 4.56. The van der Waals surface area contributed by atoms with Crippen LogP contribution < -0.4 is 11.3 Å². The lowest BCUT2D eigenvalue weighted by molar-refractivity contribution is 0.253. The average Bonchev–Trinajstić information content (AvgIpc) is 2.34. The maximum Gasteiger partial charge on any atom is 0.0308 e. The van der Waals surface area contributed by atoms with E-state index in [0.29, 0.717) is 5.92 Å². The highest BCUT2D eigenvalue weighted by Gasteiger charge is 2.31. The zero-order valence-corrected chi connectivity index (χ0v) is 11.7. The molecule has 0 unspecified atom stereocenters. The predicted octanol–water partition coefficient (Wildman–Crippen LogP) is 3.48. The molecule has 0 saturated heterocycles. The first-order chi connectivity index (χ1) is 8.74. The molecule has 0 aromatic rings. The van der Waals surface area contributed by atoms with Crippen LogP contribution in [0.25, 0.3) is 0 Å². The third-order valence-corrected chi connectivity index (χ3v) is 4.56. The second kappa shape index (κ2) is 6.35. The van der Waals surface area contributed by atoms with Crippen molar-refractivity contribution in [3.63, 3.8) is 0 Å². The van der Waals surface area contributed by atoms with Gasteiger partial charge in [-0.05, 0) is 45.4 Å². The highest BCUT2D eigenvalue weighted by atomic mass is 15.2. The Labute approximate surface area is 111 Å². The van der Waals surface area contributed by atoms with Crippen molar-refractivity contribution in [2.24, 2.45) is 17.7 Å². The normalized spacial score (nSPS) is 23.2. The molecule has 0 aliphatic heterocycles. The fraction of sp³-hybridized carbons (Fsp3) is 0.625. The van der Waals surface area contributed by atoms with E-state index in [2.05, 4.69) is 37.5 Å². The molecular weight excluding hydrogens is 220 g/mol. The van der Waals surface area contributed by atoms with E-state index >= 15 is 0 Å². The summed E-state index contributed by atoms with van der Waals surface area (Å²) < 4.78 is 0. The zero-order valence-electron chi connectivity index (χ0n) is 11.7. The van der Waals surface area contributed by atoms with E-state index in [1.54, 1.807) is 11.1 Å². The molecule has 1 saturated carbocycles. The topological polar surface area (TPSA) is 38.0 Å². The molecule has 100 valence electrons. The molecule has 3 N–H and O–H groups in total. The van der Waals surface area contributed by atoms with Gasteiger partial charge in [-0.15, -0.1) is 0 Å². The number of allylic oxidation sites excluding steroid dienone is 5.